The number of carboxylic acid groups (broad SMARTS) is 1. The molecule has 0 spiro atoms. The lowest BCUT2D eigenvalue weighted by Gasteiger charge is -2.23. The smallest absolute Gasteiger partial charge is 0.407 e. The van der Waals surface area contributed by atoms with Crippen molar-refractivity contribution in [3.63, 3.8) is 0 Å². The largest absolute Gasteiger partial charge is 0.481 e. The van der Waals surface area contributed by atoms with Crippen molar-refractivity contribution in [2.75, 3.05) is 7.11 Å². The highest BCUT2D eigenvalue weighted by Gasteiger charge is 2.20. The van der Waals surface area contributed by atoms with E-state index < -0.39 is 17.7 Å². The van der Waals surface area contributed by atoms with Crippen LogP contribution in [0.2, 0.25) is 0 Å². The highest BCUT2D eigenvalue weighted by atomic mass is 16.6. The van der Waals surface area contributed by atoms with E-state index in [1.165, 1.54) is 7.11 Å². The highest BCUT2D eigenvalue weighted by molar-refractivity contribution is 5.69. The lowest BCUT2D eigenvalue weighted by molar-refractivity contribution is -0.137. The molecule has 1 rings (SSSR count). The van der Waals surface area contributed by atoms with Crippen molar-refractivity contribution < 1.29 is 24.2 Å². The number of hydrogen-bond donors (Lipinski definition) is 2. The molecule has 0 saturated heterocycles. The number of pyridine rings is 1. The van der Waals surface area contributed by atoms with Gasteiger partial charge in [-0.05, 0) is 39.2 Å². The molecule has 0 aliphatic rings. The van der Waals surface area contributed by atoms with Crippen LogP contribution in [-0.2, 0) is 16.0 Å². The molecular formula is C16H24N2O5. The van der Waals surface area contributed by atoms with Crippen LogP contribution >= 0.6 is 0 Å². The van der Waals surface area contributed by atoms with E-state index >= 15 is 0 Å². The molecule has 1 heterocycles. The molecule has 23 heavy (non-hydrogen) atoms. The van der Waals surface area contributed by atoms with Crippen LogP contribution in [0.3, 0.4) is 0 Å². The summed E-state index contributed by atoms with van der Waals surface area (Å²) in [5.74, 6) is -0.412. The predicted octanol–water partition coefficient (Wildman–Crippen LogP) is 2.39. The van der Waals surface area contributed by atoms with E-state index in [-0.39, 0.29) is 12.5 Å². The van der Waals surface area contributed by atoms with Crippen LogP contribution in [0.1, 0.15) is 39.2 Å². The number of aromatic nitrogens is 1. The van der Waals surface area contributed by atoms with Gasteiger partial charge in [-0.2, -0.15) is 0 Å². The van der Waals surface area contributed by atoms with E-state index in [9.17, 15) is 9.59 Å². The van der Waals surface area contributed by atoms with Crippen molar-refractivity contribution in [2.24, 2.45) is 0 Å². The highest BCUT2D eigenvalue weighted by Crippen LogP contribution is 2.12. The number of carboxylic acids is 1. The van der Waals surface area contributed by atoms with E-state index in [2.05, 4.69) is 10.3 Å². The molecule has 0 aliphatic heterocycles. The summed E-state index contributed by atoms with van der Waals surface area (Å²) >= 11 is 0. The fraction of sp³-hybridized carbons (Fsp3) is 0.562. The predicted molar refractivity (Wildman–Crippen MR) is 84.5 cm³/mol. The van der Waals surface area contributed by atoms with Crippen molar-refractivity contribution in [1.82, 2.24) is 10.3 Å². The number of hydrogen-bond acceptors (Lipinski definition) is 5. The normalized spacial score (nSPS) is 12.3. The van der Waals surface area contributed by atoms with Crippen molar-refractivity contribution in [3.05, 3.63) is 23.9 Å². The average Bonchev–Trinajstić information content (AvgIpc) is 2.43. The summed E-state index contributed by atoms with van der Waals surface area (Å²) in [5.41, 5.74) is 0.264. The standard InChI is InChI=1S/C16H24N2O5/c1-16(2,3)23-15(21)18-12(6-8-14(19)20)9-11-5-7-13(22-4)17-10-11/h5,7,10,12H,6,8-9H2,1-4H3,(H,18,21)(H,19,20). The van der Waals surface area contributed by atoms with Gasteiger partial charge in [0.1, 0.15) is 5.60 Å². The molecule has 7 heteroatoms. The van der Waals surface area contributed by atoms with Gasteiger partial charge in [-0.3, -0.25) is 4.79 Å². The fourth-order valence-electron chi connectivity index (χ4n) is 1.93. The van der Waals surface area contributed by atoms with Crippen LogP contribution in [0, 0.1) is 0 Å². The maximum Gasteiger partial charge on any atom is 0.407 e. The third-order valence-corrected chi connectivity index (χ3v) is 2.92. The Morgan fingerprint density at radius 3 is 2.52 bits per heavy atom. The number of aliphatic carboxylic acids is 1. The second kappa shape index (κ2) is 8.36. The minimum Gasteiger partial charge on any atom is -0.481 e. The fourth-order valence-corrected chi connectivity index (χ4v) is 1.93. The zero-order valence-electron chi connectivity index (χ0n) is 14.0. The lowest BCUT2D eigenvalue weighted by atomic mass is 10.0. The number of nitrogens with zero attached hydrogens (tertiary/aromatic N) is 1. The molecule has 1 amide bonds. The van der Waals surface area contributed by atoms with E-state index in [1.807, 2.05) is 6.07 Å². The Kier molecular flexibility index (Phi) is 6.81. The van der Waals surface area contributed by atoms with Crippen LogP contribution in [0.5, 0.6) is 5.88 Å². The molecule has 1 aromatic heterocycles. The molecule has 0 saturated carbocycles. The number of methoxy groups -OCH3 is 1. The third-order valence-electron chi connectivity index (χ3n) is 2.92. The molecule has 1 atom stereocenters. The van der Waals surface area contributed by atoms with Gasteiger partial charge < -0.3 is 19.9 Å². The van der Waals surface area contributed by atoms with Crippen LogP contribution in [0.15, 0.2) is 18.3 Å². The van der Waals surface area contributed by atoms with E-state index in [1.54, 1.807) is 33.0 Å². The summed E-state index contributed by atoms with van der Waals surface area (Å²) in [5, 5.41) is 11.6. The molecular weight excluding hydrogens is 300 g/mol. The molecule has 2 N–H and O–H groups in total. The Balaban J connectivity index is 2.70. The maximum absolute atomic E-state index is 11.9. The number of alkyl carbamates (subject to hydrolysis) is 1. The van der Waals surface area contributed by atoms with Gasteiger partial charge in [0.15, 0.2) is 0 Å². The molecule has 0 aromatic carbocycles. The Hall–Kier alpha value is -2.31. The SMILES string of the molecule is COc1ccc(CC(CCC(=O)O)NC(=O)OC(C)(C)C)cn1. The van der Waals surface area contributed by atoms with Gasteiger partial charge in [0.2, 0.25) is 5.88 Å². The van der Waals surface area contributed by atoms with Crippen molar-refractivity contribution in [3.8, 4) is 5.88 Å². The van der Waals surface area contributed by atoms with Crippen LogP contribution in [-0.4, -0.2) is 40.9 Å². The summed E-state index contributed by atoms with van der Waals surface area (Å²) in [6.07, 6.45) is 1.81. The van der Waals surface area contributed by atoms with Gasteiger partial charge in [-0.15, -0.1) is 0 Å². The van der Waals surface area contributed by atoms with Gasteiger partial charge in [0, 0.05) is 24.7 Å². The van der Waals surface area contributed by atoms with Gasteiger partial charge in [-0.1, -0.05) is 6.07 Å². The maximum atomic E-state index is 11.9. The van der Waals surface area contributed by atoms with Crippen LogP contribution in [0.25, 0.3) is 0 Å². The Bertz CT molecular complexity index is 522. The topological polar surface area (TPSA) is 97.8 Å². The second-order valence-corrected chi connectivity index (χ2v) is 6.19. The summed E-state index contributed by atoms with van der Waals surface area (Å²) in [6, 6.07) is 3.20. The minimum atomic E-state index is -0.908. The molecule has 128 valence electrons. The first-order chi connectivity index (χ1) is 10.7. The Morgan fingerprint density at radius 1 is 1.35 bits per heavy atom. The molecule has 0 bridgehead atoms. The summed E-state index contributed by atoms with van der Waals surface area (Å²) in [6.45, 7) is 5.31. The molecule has 0 aliphatic carbocycles. The Labute approximate surface area is 136 Å². The monoisotopic (exact) mass is 324 g/mol. The van der Waals surface area contributed by atoms with Crippen LogP contribution < -0.4 is 10.1 Å². The number of ether oxygens (including phenoxy) is 2. The number of amides is 1. The summed E-state index contributed by atoms with van der Waals surface area (Å²) in [7, 11) is 1.53. The quantitative estimate of drug-likeness (QED) is 0.799. The second-order valence-electron chi connectivity index (χ2n) is 6.19. The first kappa shape index (κ1) is 18.7. The van der Waals surface area contributed by atoms with E-state index in [0.717, 1.165) is 5.56 Å². The number of carbonyl (C=O) groups is 2. The zero-order chi connectivity index (χ0) is 17.5. The summed E-state index contributed by atoms with van der Waals surface area (Å²) < 4.78 is 10.2. The third kappa shape index (κ3) is 8.04. The number of carbonyl (C=O) groups excluding carboxylic acids is 1. The average molecular weight is 324 g/mol. The van der Waals surface area contributed by atoms with Crippen molar-refractivity contribution in [1.29, 1.82) is 0 Å². The molecule has 7 nitrogen and oxygen atoms in total. The number of rotatable bonds is 7. The first-order valence-electron chi connectivity index (χ1n) is 7.40. The Morgan fingerprint density at radius 2 is 2.04 bits per heavy atom. The first-order valence-corrected chi connectivity index (χ1v) is 7.40. The molecule has 1 aromatic rings. The molecule has 0 fully saturated rings. The van der Waals surface area contributed by atoms with E-state index in [0.29, 0.717) is 18.7 Å². The minimum absolute atomic E-state index is 0.0377. The van der Waals surface area contributed by atoms with Gasteiger partial charge in [-0.25, -0.2) is 9.78 Å². The molecule has 1 unspecified atom stereocenters. The van der Waals surface area contributed by atoms with Gasteiger partial charge in [0.25, 0.3) is 0 Å². The van der Waals surface area contributed by atoms with Gasteiger partial charge in [0.05, 0.1) is 7.11 Å². The summed E-state index contributed by atoms with van der Waals surface area (Å²) in [4.78, 5) is 26.8. The van der Waals surface area contributed by atoms with E-state index in [4.69, 9.17) is 14.6 Å². The van der Waals surface area contributed by atoms with Gasteiger partial charge >= 0.3 is 12.1 Å². The van der Waals surface area contributed by atoms with Crippen molar-refractivity contribution in [2.45, 2.75) is 51.7 Å². The zero-order valence-corrected chi connectivity index (χ0v) is 14.0. The van der Waals surface area contributed by atoms with Crippen LogP contribution in [0.4, 0.5) is 4.79 Å². The number of nitrogens with one attached hydrogen (secondary N) is 1. The molecule has 0 radical (unpaired) electrons. The lowest BCUT2D eigenvalue weighted by Crippen LogP contribution is -2.40. The van der Waals surface area contributed by atoms with Crippen molar-refractivity contribution >= 4 is 12.1 Å².